The van der Waals surface area contributed by atoms with Gasteiger partial charge in [-0.25, -0.2) is 9.69 Å². The number of hydrogen-bond acceptors (Lipinski definition) is 3. The lowest BCUT2D eigenvalue weighted by Crippen LogP contribution is -2.54. The van der Waals surface area contributed by atoms with Gasteiger partial charge in [0.15, 0.2) is 0 Å². The van der Waals surface area contributed by atoms with E-state index in [0.29, 0.717) is 5.02 Å². The van der Waals surface area contributed by atoms with Crippen LogP contribution >= 0.6 is 23.2 Å². The first kappa shape index (κ1) is 13.8. The highest BCUT2D eigenvalue weighted by molar-refractivity contribution is 6.37. The smallest absolute Gasteiger partial charge is 0.275 e. The molecule has 0 bridgehead atoms. The van der Waals surface area contributed by atoms with Gasteiger partial charge in [-0.1, -0.05) is 23.2 Å². The largest absolute Gasteiger partial charge is 0.338 e. The third-order valence-corrected chi connectivity index (χ3v) is 3.30. The molecule has 7 heteroatoms. The third kappa shape index (κ3) is 2.57. The number of carbonyl (C=O) groups is 3. The molecular formula is C12H10Cl2N2O3. The monoisotopic (exact) mass is 300 g/mol. The Labute approximate surface area is 119 Å². The van der Waals surface area contributed by atoms with E-state index in [0.717, 1.165) is 9.80 Å². The topological polar surface area (TPSA) is 57.7 Å². The Kier molecular flexibility index (Phi) is 3.78. The van der Waals surface area contributed by atoms with Gasteiger partial charge in [0.25, 0.3) is 0 Å². The molecule has 2 rings (SSSR count). The van der Waals surface area contributed by atoms with Crippen molar-refractivity contribution in [3.63, 3.8) is 0 Å². The molecule has 1 aliphatic rings. The molecule has 0 N–H and O–H groups in total. The van der Waals surface area contributed by atoms with Crippen LogP contribution in [0.3, 0.4) is 0 Å². The number of carbonyl (C=O) groups excluding carboxylic acids is 3. The van der Waals surface area contributed by atoms with Gasteiger partial charge in [0.2, 0.25) is 11.8 Å². The van der Waals surface area contributed by atoms with E-state index in [-0.39, 0.29) is 23.7 Å². The molecule has 1 aliphatic heterocycles. The Morgan fingerprint density at radius 1 is 1.26 bits per heavy atom. The lowest BCUT2D eigenvalue weighted by molar-refractivity contribution is -0.128. The van der Waals surface area contributed by atoms with E-state index in [2.05, 4.69) is 0 Å². The summed E-state index contributed by atoms with van der Waals surface area (Å²) in [5, 5.41) is 0.566. The average Bonchev–Trinajstić information content (AvgIpc) is 2.33. The molecule has 0 spiro atoms. The molecule has 0 aromatic heterocycles. The van der Waals surface area contributed by atoms with E-state index in [4.69, 9.17) is 23.2 Å². The highest BCUT2D eigenvalue weighted by atomic mass is 35.5. The maximum atomic E-state index is 12.1. The van der Waals surface area contributed by atoms with Crippen molar-refractivity contribution < 1.29 is 14.4 Å². The molecule has 5 nitrogen and oxygen atoms in total. The summed E-state index contributed by atoms with van der Waals surface area (Å²) in [6.45, 7) is 1.35. The Balaban J connectivity index is 2.46. The molecule has 0 aliphatic carbocycles. The van der Waals surface area contributed by atoms with E-state index in [1.165, 1.54) is 19.1 Å². The maximum absolute atomic E-state index is 12.1. The highest BCUT2D eigenvalue weighted by Crippen LogP contribution is 2.31. The minimum atomic E-state index is -0.701. The second-order valence-corrected chi connectivity index (χ2v) is 4.87. The van der Waals surface area contributed by atoms with Crippen LogP contribution in [0.1, 0.15) is 13.3 Å². The van der Waals surface area contributed by atoms with Crippen LogP contribution in [0.5, 0.6) is 0 Å². The molecule has 100 valence electrons. The fourth-order valence-electron chi connectivity index (χ4n) is 1.83. The molecule has 1 aromatic rings. The van der Waals surface area contributed by atoms with Crippen molar-refractivity contribution in [2.24, 2.45) is 0 Å². The van der Waals surface area contributed by atoms with Gasteiger partial charge in [-0.3, -0.25) is 14.5 Å². The normalized spacial score (nSPS) is 15.9. The SMILES string of the molecule is CC(=O)N1CCC(=O)N(c2cc(Cl)ccc2Cl)C1=O. The van der Waals surface area contributed by atoms with Crippen molar-refractivity contribution in [3.05, 3.63) is 28.2 Å². The number of benzene rings is 1. The number of halogens is 2. The zero-order chi connectivity index (χ0) is 14.2. The number of anilines is 1. The van der Waals surface area contributed by atoms with Crippen LogP contribution in [-0.2, 0) is 9.59 Å². The number of urea groups is 1. The third-order valence-electron chi connectivity index (χ3n) is 2.75. The first-order chi connectivity index (χ1) is 8.91. The minimum absolute atomic E-state index is 0.0637. The van der Waals surface area contributed by atoms with Crippen molar-refractivity contribution in [2.45, 2.75) is 13.3 Å². The molecule has 4 amide bonds. The standard InChI is InChI=1S/C12H10Cl2N2O3/c1-7(17)15-5-4-11(18)16(12(15)19)10-6-8(13)2-3-9(10)14/h2-3,6H,4-5H2,1H3. The Hall–Kier alpha value is -1.59. The summed E-state index contributed by atoms with van der Waals surface area (Å²) in [7, 11) is 0. The summed E-state index contributed by atoms with van der Waals surface area (Å²) in [5.74, 6) is -0.827. The zero-order valence-electron chi connectivity index (χ0n) is 10.0. The van der Waals surface area contributed by atoms with Crippen molar-refractivity contribution >= 4 is 46.7 Å². The van der Waals surface area contributed by atoms with Crippen molar-refractivity contribution in [3.8, 4) is 0 Å². The summed E-state index contributed by atoms with van der Waals surface area (Å²) in [6.07, 6.45) is 0.0637. The highest BCUT2D eigenvalue weighted by Gasteiger charge is 2.36. The van der Waals surface area contributed by atoms with Crippen LogP contribution < -0.4 is 4.90 Å². The van der Waals surface area contributed by atoms with Crippen LogP contribution in [0.15, 0.2) is 18.2 Å². The first-order valence-corrected chi connectivity index (χ1v) is 6.27. The van der Waals surface area contributed by atoms with Crippen LogP contribution in [-0.4, -0.2) is 29.3 Å². The molecule has 0 atom stereocenters. The summed E-state index contributed by atoms with van der Waals surface area (Å²) in [6, 6.07) is 3.76. The predicted molar refractivity (Wildman–Crippen MR) is 71.3 cm³/mol. The van der Waals surface area contributed by atoms with Crippen LogP contribution in [0.2, 0.25) is 10.0 Å². The van der Waals surface area contributed by atoms with E-state index in [9.17, 15) is 14.4 Å². The number of amides is 4. The lowest BCUT2D eigenvalue weighted by atomic mass is 10.2. The average molecular weight is 301 g/mol. The van der Waals surface area contributed by atoms with Gasteiger partial charge >= 0.3 is 6.03 Å². The van der Waals surface area contributed by atoms with Gasteiger partial charge < -0.3 is 0 Å². The van der Waals surface area contributed by atoms with Crippen molar-refractivity contribution in [1.82, 2.24) is 4.90 Å². The maximum Gasteiger partial charge on any atom is 0.338 e. The summed E-state index contributed by atoms with van der Waals surface area (Å²) >= 11 is 11.8. The molecule has 1 aromatic carbocycles. The second kappa shape index (κ2) is 5.19. The van der Waals surface area contributed by atoms with E-state index in [1.807, 2.05) is 0 Å². The number of imide groups is 2. The summed E-state index contributed by atoms with van der Waals surface area (Å²) in [4.78, 5) is 37.3. The number of hydrogen-bond donors (Lipinski definition) is 0. The predicted octanol–water partition coefficient (Wildman–Crippen LogP) is 2.70. The molecule has 0 unspecified atom stereocenters. The molecule has 0 radical (unpaired) electrons. The molecule has 19 heavy (non-hydrogen) atoms. The minimum Gasteiger partial charge on any atom is -0.275 e. The van der Waals surface area contributed by atoms with Crippen LogP contribution in [0.25, 0.3) is 0 Å². The zero-order valence-corrected chi connectivity index (χ0v) is 11.5. The second-order valence-electron chi connectivity index (χ2n) is 4.03. The Morgan fingerprint density at radius 2 is 1.95 bits per heavy atom. The van der Waals surface area contributed by atoms with E-state index in [1.54, 1.807) is 6.07 Å². The van der Waals surface area contributed by atoms with Gasteiger partial charge in [-0.05, 0) is 18.2 Å². The van der Waals surface area contributed by atoms with Crippen molar-refractivity contribution in [2.75, 3.05) is 11.4 Å². The van der Waals surface area contributed by atoms with Gasteiger partial charge in [0, 0.05) is 24.9 Å². The van der Waals surface area contributed by atoms with Gasteiger partial charge in [0.1, 0.15) is 0 Å². The molecule has 0 saturated carbocycles. The van der Waals surface area contributed by atoms with Crippen LogP contribution in [0.4, 0.5) is 10.5 Å². The Morgan fingerprint density at radius 3 is 2.58 bits per heavy atom. The van der Waals surface area contributed by atoms with Crippen LogP contribution in [0, 0.1) is 0 Å². The quantitative estimate of drug-likeness (QED) is 0.801. The number of rotatable bonds is 1. The molecular weight excluding hydrogens is 291 g/mol. The summed E-state index contributed by atoms with van der Waals surface area (Å²) in [5.41, 5.74) is 0.190. The van der Waals surface area contributed by atoms with Crippen molar-refractivity contribution in [1.29, 1.82) is 0 Å². The van der Waals surface area contributed by atoms with Gasteiger partial charge in [-0.15, -0.1) is 0 Å². The first-order valence-electron chi connectivity index (χ1n) is 5.52. The number of nitrogens with zero attached hydrogens (tertiary/aromatic N) is 2. The fourth-order valence-corrected chi connectivity index (χ4v) is 2.20. The van der Waals surface area contributed by atoms with Gasteiger partial charge in [0.05, 0.1) is 10.7 Å². The molecule has 1 saturated heterocycles. The van der Waals surface area contributed by atoms with E-state index < -0.39 is 17.8 Å². The Bertz CT molecular complexity index is 574. The lowest BCUT2D eigenvalue weighted by Gasteiger charge is -2.32. The molecule has 1 fully saturated rings. The van der Waals surface area contributed by atoms with Gasteiger partial charge in [-0.2, -0.15) is 0 Å². The van der Waals surface area contributed by atoms with E-state index >= 15 is 0 Å². The fraction of sp³-hybridized carbons (Fsp3) is 0.250. The molecule has 1 heterocycles. The summed E-state index contributed by atoms with van der Waals surface area (Å²) < 4.78 is 0.